The molecule has 17 heavy (non-hydrogen) atoms. The van der Waals surface area contributed by atoms with E-state index in [0.29, 0.717) is 5.56 Å². The lowest BCUT2D eigenvalue weighted by atomic mass is 10.1. The number of carbonyl (C=O) groups is 2. The maximum absolute atomic E-state index is 11.9. The Hall–Kier alpha value is -2.14. The minimum Gasteiger partial charge on any atom is -0.367 e. The Labute approximate surface area is 97.4 Å². The zero-order valence-electron chi connectivity index (χ0n) is 9.23. The molecule has 2 rings (SSSR count). The van der Waals surface area contributed by atoms with Gasteiger partial charge < -0.3 is 15.4 Å². The highest BCUT2D eigenvalue weighted by molar-refractivity contribution is 6.10. The third-order valence-corrected chi connectivity index (χ3v) is 2.44. The number of rotatable bonds is 3. The standard InChI is InChI=1S/C12H12N2O3/c1-7(15)14-12(17)11(16)9-6-13-10-5-3-2-4-8(9)10/h2-6,12-13,17H,1H3,(H,14,15)/t12-/m1/s1. The molecule has 3 N–H and O–H groups in total. The normalized spacial score (nSPS) is 12.4. The molecule has 0 spiro atoms. The first-order valence-corrected chi connectivity index (χ1v) is 5.15. The number of fused-ring (bicyclic) bond motifs is 1. The number of nitrogens with one attached hydrogen (secondary N) is 2. The summed E-state index contributed by atoms with van der Waals surface area (Å²) in [5.74, 6) is -0.983. The van der Waals surface area contributed by atoms with Crippen LogP contribution in [-0.4, -0.2) is 28.0 Å². The van der Waals surface area contributed by atoms with Crippen molar-refractivity contribution in [3.05, 3.63) is 36.0 Å². The van der Waals surface area contributed by atoms with Gasteiger partial charge in [0.25, 0.3) is 0 Å². The molecule has 5 heteroatoms. The fourth-order valence-corrected chi connectivity index (χ4v) is 1.68. The first kappa shape index (κ1) is 11.3. The molecule has 0 bridgehead atoms. The van der Waals surface area contributed by atoms with Crippen LogP contribution in [0.5, 0.6) is 0 Å². The van der Waals surface area contributed by atoms with Crippen LogP contribution in [0.1, 0.15) is 17.3 Å². The van der Waals surface area contributed by atoms with Crippen LogP contribution in [0.3, 0.4) is 0 Å². The highest BCUT2D eigenvalue weighted by Gasteiger charge is 2.20. The largest absolute Gasteiger partial charge is 0.367 e. The summed E-state index contributed by atoms with van der Waals surface area (Å²) in [5.41, 5.74) is 1.17. The molecule has 0 radical (unpaired) electrons. The Bertz CT molecular complexity index is 574. The third-order valence-electron chi connectivity index (χ3n) is 2.44. The maximum atomic E-state index is 11.9. The van der Waals surface area contributed by atoms with Gasteiger partial charge in [0.1, 0.15) is 0 Å². The van der Waals surface area contributed by atoms with E-state index < -0.39 is 17.9 Å². The Morgan fingerprint density at radius 2 is 2.06 bits per heavy atom. The van der Waals surface area contributed by atoms with Gasteiger partial charge in [-0.25, -0.2) is 0 Å². The molecule has 88 valence electrons. The summed E-state index contributed by atoms with van der Waals surface area (Å²) < 4.78 is 0. The second-order valence-corrected chi connectivity index (χ2v) is 3.72. The van der Waals surface area contributed by atoms with Crippen LogP contribution < -0.4 is 5.32 Å². The number of aliphatic hydroxyl groups excluding tert-OH is 1. The van der Waals surface area contributed by atoms with Crippen molar-refractivity contribution in [1.82, 2.24) is 10.3 Å². The number of H-pyrrole nitrogens is 1. The number of ketones is 1. The van der Waals surface area contributed by atoms with E-state index in [1.165, 1.54) is 13.1 Å². The number of benzene rings is 1. The number of hydrogen-bond acceptors (Lipinski definition) is 3. The maximum Gasteiger partial charge on any atom is 0.219 e. The van der Waals surface area contributed by atoms with Gasteiger partial charge in [-0.2, -0.15) is 0 Å². The molecule has 0 aliphatic heterocycles. The van der Waals surface area contributed by atoms with Crippen molar-refractivity contribution in [2.45, 2.75) is 13.2 Å². The molecule has 2 aromatic rings. The molecular weight excluding hydrogens is 220 g/mol. The Kier molecular flexibility index (Phi) is 2.93. The SMILES string of the molecule is CC(=O)N[C@H](O)C(=O)c1c[nH]c2ccccc12. The second kappa shape index (κ2) is 4.39. The molecule has 0 aliphatic rings. The average Bonchev–Trinajstić information content (AvgIpc) is 2.70. The van der Waals surface area contributed by atoms with Crippen LogP contribution in [0.25, 0.3) is 10.9 Å². The van der Waals surface area contributed by atoms with Crippen molar-refractivity contribution in [3.63, 3.8) is 0 Å². The predicted octanol–water partition coefficient (Wildman–Crippen LogP) is 0.805. The molecule has 0 saturated carbocycles. The van der Waals surface area contributed by atoms with Crippen LogP contribution >= 0.6 is 0 Å². The van der Waals surface area contributed by atoms with E-state index in [9.17, 15) is 14.7 Å². The van der Waals surface area contributed by atoms with Crippen molar-refractivity contribution in [1.29, 1.82) is 0 Å². The minimum absolute atomic E-state index is 0.363. The van der Waals surface area contributed by atoms with Crippen LogP contribution in [0, 0.1) is 0 Å². The zero-order chi connectivity index (χ0) is 12.4. The molecule has 0 fully saturated rings. The highest BCUT2D eigenvalue weighted by Crippen LogP contribution is 2.18. The summed E-state index contributed by atoms with van der Waals surface area (Å²) in [6, 6.07) is 7.26. The van der Waals surface area contributed by atoms with Gasteiger partial charge in [0.15, 0.2) is 6.23 Å². The summed E-state index contributed by atoms with van der Waals surface area (Å²) in [7, 11) is 0. The van der Waals surface area contributed by atoms with Gasteiger partial charge in [-0.1, -0.05) is 18.2 Å². The van der Waals surface area contributed by atoms with Gasteiger partial charge in [0.2, 0.25) is 11.7 Å². The predicted molar refractivity (Wildman–Crippen MR) is 62.5 cm³/mol. The van der Waals surface area contributed by atoms with Gasteiger partial charge >= 0.3 is 0 Å². The Morgan fingerprint density at radius 3 is 2.76 bits per heavy atom. The summed E-state index contributed by atoms with van der Waals surface area (Å²) in [4.78, 5) is 25.6. The molecule has 1 aromatic carbocycles. The smallest absolute Gasteiger partial charge is 0.219 e. The van der Waals surface area contributed by atoms with Crippen LogP contribution in [0.2, 0.25) is 0 Å². The van der Waals surface area contributed by atoms with E-state index in [1.54, 1.807) is 12.1 Å². The summed E-state index contributed by atoms with van der Waals surface area (Å²) in [6.45, 7) is 1.24. The Morgan fingerprint density at radius 1 is 1.35 bits per heavy atom. The van der Waals surface area contributed by atoms with Crippen LogP contribution in [-0.2, 0) is 4.79 Å². The van der Waals surface area contributed by atoms with Crippen molar-refractivity contribution in [2.24, 2.45) is 0 Å². The second-order valence-electron chi connectivity index (χ2n) is 3.72. The number of para-hydroxylation sites is 1. The number of Topliss-reactive ketones (excluding diaryl/α,β-unsaturated/α-hetero) is 1. The monoisotopic (exact) mass is 232 g/mol. The molecule has 0 unspecified atom stereocenters. The van der Waals surface area contributed by atoms with Gasteiger partial charge in [0, 0.05) is 29.6 Å². The summed E-state index contributed by atoms with van der Waals surface area (Å²) in [5, 5.41) is 12.4. The number of aromatic amines is 1. The first-order valence-electron chi connectivity index (χ1n) is 5.15. The molecule has 0 saturated heterocycles. The number of carbonyl (C=O) groups excluding carboxylic acids is 2. The van der Waals surface area contributed by atoms with E-state index in [2.05, 4.69) is 10.3 Å². The molecule has 0 aliphatic carbocycles. The summed E-state index contributed by atoms with van der Waals surface area (Å²) >= 11 is 0. The van der Waals surface area contributed by atoms with E-state index in [1.807, 2.05) is 12.1 Å². The molecule has 1 atom stereocenters. The van der Waals surface area contributed by atoms with E-state index >= 15 is 0 Å². The number of hydrogen-bond donors (Lipinski definition) is 3. The quantitative estimate of drug-likeness (QED) is 0.541. The van der Waals surface area contributed by atoms with Gasteiger partial charge in [-0.15, -0.1) is 0 Å². The van der Waals surface area contributed by atoms with E-state index in [4.69, 9.17) is 0 Å². The molecule has 1 aromatic heterocycles. The molecule has 1 heterocycles. The van der Waals surface area contributed by atoms with Gasteiger partial charge in [0.05, 0.1) is 0 Å². The van der Waals surface area contributed by atoms with E-state index in [-0.39, 0.29) is 0 Å². The van der Waals surface area contributed by atoms with E-state index in [0.717, 1.165) is 10.9 Å². The molecule has 5 nitrogen and oxygen atoms in total. The van der Waals surface area contributed by atoms with Crippen molar-refractivity contribution < 1.29 is 14.7 Å². The van der Waals surface area contributed by atoms with Crippen molar-refractivity contribution in [3.8, 4) is 0 Å². The van der Waals surface area contributed by atoms with Gasteiger partial charge in [-0.05, 0) is 6.07 Å². The lowest BCUT2D eigenvalue weighted by molar-refractivity contribution is -0.121. The van der Waals surface area contributed by atoms with Crippen LogP contribution in [0.15, 0.2) is 30.5 Å². The average molecular weight is 232 g/mol. The lowest BCUT2D eigenvalue weighted by Crippen LogP contribution is -2.39. The lowest BCUT2D eigenvalue weighted by Gasteiger charge is -2.09. The topological polar surface area (TPSA) is 82.2 Å². The number of aliphatic hydroxyl groups is 1. The highest BCUT2D eigenvalue weighted by atomic mass is 16.3. The molecule has 1 amide bonds. The van der Waals surface area contributed by atoms with Crippen LogP contribution in [0.4, 0.5) is 0 Å². The fraction of sp³-hybridized carbons (Fsp3) is 0.167. The Balaban J connectivity index is 2.33. The zero-order valence-corrected chi connectivity index (χ0v) is 9.23. The summed E-state index contributed by atoms with van der Waals surface area (Å²) in [6.07, 6.45) is 0.0182. The minimum atomic E-state index is -1.51. The molecular formula is C12H12N2O3. The third kappa shape index (κ3) is 2.19. The number of aromatic nitrogens is 1. The van der Waals surface area contributed by atoms with Gasteiger partial charge in [-0.3, -0.25) is 9.59 Å². The first-order chi connectivity index (χ1) is 8.09. The van der Waals surface area contributed by atoms with Crippen molar-refractivity contribution in [2.75, 3.05) is 0 Å². The van der Waals surface area contributed by atoms with Crippen molar-refractivity contribution >= 4 is 22.6 Å². The fourth-order valence-electron chi connectivity index (χ4n) is 1.68. The number of amides is 1.